The van der Waals surface area contributed by atoms with Crippen LogP contribution in [0.1, 0.15) is 17.5 Å². The van der Waals surface area contributed by atoms with E-state index in [1.54, 1.807) is 23.7 Å². The van der Waals surface area contributed by atoms with Crippen molar-refractivity contribution in [3.8, 4) is 23.2 Å². The fourth-order valence-electron chi connectivity index (χ4n) is 3.19. The normalized spacial score (nSPS) is 11.7. The Kier molecular flexibility index (Phi) is 6.85. The number of hydrogen-bond donors (Lipinski definition) is 3. The van der Waals surface area contributed by atoms with Gasteiger partial charge in [-0.15, -0.1) is 11.3 Å². The SMILES string of the molecule is N[C@H](CNc1nc(-c2ccncc2)nc2c(C#CCCO)csc12)Cc1ccccc1. The number of thiophene rings is 1. The van der Waals surface area contributed by atoms with E-state index in [0.29, 0.717) is 18.8 Å². The molecular weight excluding hydrogens is 406 g/mol. The van der Waals surface area contributed by atoms with Gasteiger partial charge in [0.2, 0.25) is 0 Å². The predicted octanol–water partition coefficient (Wildman–Crippen LogP) is 3.47. The van der Waals surface area contributed by atoms with Gasteiger partial charge in [-0.2, -0.15) is 0 Å². The van der Waals surface area contributed by atoms with Gasteiger partial charge < -0.3 is 16.2 Å². The molecule has 7 heteroatoms. The van der Waals surface area contributed by atoms with Crippen molar-refractivity contribution >= 4 is 27.4 Å². The third kappa shape index (κ3) is 5.25. The van der Waals surface area contributed by atoms with E-state index < -0.39 is 0 Å². The number of nitrogens with zero attached hydrogens (tertiary/aromatic N) is 3. The van der Waals surface area contributed by atoms with Crippen molar-refractivity contribution in [2.75, 3.05) is 18.5 Å². The fourth-order valence-corrected chi connectivity index (χ4v) is 4.09. The molecule has 0 fully saturated rings. The molecule has 0 aliphatic carbocycles. The van der Waals surface area contributed by atoms with Gasteiger partial charge in [0.1, 0.15) is 11.3 Å². The zero-order valence-corrected chi connectivity index (χ0v) is 17.8. The van der Waals surface area contributed by atoms with Gasteiger partial charge in [-0.3, -0.25) is 4.98 Å². The molecule has 31 heavy (non-hydrogen) atoms. The Bertz CT molecular complexity index is 1200. The summed E-state index contributed by atoms with van der Waals surface area (Å²) in [5, 5.41) is 14.4. The number of nitrogens with one attached hydrogen (secondary N) is 1. The molecule has 0 saturated heterocycles. The summed E-state index contributed by atoms with van der Waals surface area (Å²) in [5.74, 6) is 7.46. The van der Waals surface area contributed by atoms with E-state index in [2.05, 4.69) is 34.3 Å². The molecule has 0 saturated carbocycles. The minimum absolute atomic E-state index is 0.0401. The maximum Gasteiger partial charge on any atom is 0.162 e. The molecule has 0 bridgehead atoms. The number of fused-ring (bicyclic) bond motifs is 1. The lowest BCUT2D eigenvalue weighted by Gasteiger charge is -2.14. The summed E-state index contributed by atoms with van der Waals surface area (Å²) in [6.45, 7) is 0.624. The molecular formula is C24H23N5OS. The van der Waals surface area contributed by atoms with Gasteiger partial charge in [-0.1, -0.05) is 42.2 Å². The quantitative estimate of drug-likeness (QED) is 0.389. The minimum atomic E-state index is -0.0550. The van der Waals surface area contributed by atoms with Crippen molar-refractivity contribution in [2.45, 2.75) is 18.9 Å². The van der Waals surface area contributed by atoms with Crippen molar-refractivity contribution in [1.29, 1.82) is 0 Å². The summed E-state index contributed by atoms with van der Waals surface area (Å²) in [6, 6.07) is 13.9. The van der Waals surface area contributed by atoms with Crippen LogP contribution in [0, 0.1) is 11.8 Å². The van der Waals surface area contributed by atoms with Crippen LogP contribution >= 0.6 is 11.3 Å². The van der Waals surface area contributed by atoms with Crippen molar-refractivity contribution < 1.29 is 5.11 Å². The molecule has 6 nitrogen and oxygen atoms in total. The summed E-state index contributed by atoms with van der Waals surface area (Å²) >= 11 is 1.55. The third-order valence-corrected chi connectivity index (χ3v) is 5.66. The summed E-state index contributed by atoms with van der Waals surface area (Å²) in [6.07, 6.45) is 4.66. The molecule has 3 aromatic heterocycles. The number of benzene rings is 1. The van der Waals surface area contributed by atoms with E-state index in [1.807, 2.05) is 35.7 Å². The second kappa shape index (κ2) is 10.1. The Balaban J connectivity index is 1.64. The average molecular weight is 430 g/mol. The van der Waals surface area contributed by atoms with E-state index in [1.165, 1.54) is 5.56 Å². The van der Waals surface area contributed by atoms with Gasteiger partial charge in [-0.05, 0) is 24.1 Å². The van der Waals surface area contributed by atoms with Crippen LogP contribution in [0.25, 0.3) is 21.6 Å². The van der Waals surface area contributed by atoms with E-state index in [9.17, 15) is 0 Å². The molecule has 4 N–H and O–H groups in total. The first kappa shape index (κ1) is 20.9. The number of rotatable bonds is 7. The molecule has 0 aliphatic heterocycles. The maximum absolute atomic E-state index is 9.02. The second-order valence-corrected chi connectivity index (χ2v) is 7.94. The number of pyridine rings is 1. The molecule has 0 unspecified atom stereocenters. The molecule has 1 atom stereocenters. The van der Waals surface area contributed by atoms with E-state index in [0.717, 1.165) is 33.6 Å². The van der Waals surface area contributed by atoms with Crippen LogP contribution in [0.2, 0.25) is 0 Å². The van der Waals surface area contributed by atoms with Crippen LogP contribution < -0.4 is 11.1 Å². The predicted molar refractivity (Wildman–Crippen MR) is 126 cm³/mol. The van der Waals surface area contributed by atoms with Gasteiger partial charge in [0.05, 0.1) is 16.9 Å². The number of hydrogen-bond acceptors (Lipinski definition) is 7. The van der Waals surface area contributed by atoms with Gasteiger partial charge in [-0.25, -0.2) is 9.97 Å². The molecule has 3 heterocycles. The van der Waals surface area contributed by atoms with Crippen LogP contribution in [-0.2, 0) is 6.42 Å². The fraction of sp³-hybridized carbons (Fsp3) is 0.208. The minimum Gasteiger partial charge on any atom is -0.395 e. The van der Waals surface area contributed by atoms with Crippen LogP contribution in [0.4, 0.5) is 5.82 Å². The van der Waals surface area contributed by atoms with Crippen LogP contribution in [-0.4, -0.2) is 39.3 Å². The lowest BCUT2D eigenvalue weighted by molar-refractivity contribution is 0.305. The summed E-state index contributed by atoms with van der Waals surface area (Å²) in [4.78, 5) is 13.6. The molecule has 4 rings (SSSR count). The number of aliphatic hydroxyl groups is 1. The number of aromatic nitrogens is 3. The summed E-state index contributed by atoms with van der Waals surface area (Å²) < 4.78 is 0.943. The summed E-state index contributed by atoms with van der Waals surface area (Å²) in [5.41, 5.74) is 10.1. The third-order valence-electron chi connectivity index (χ3n) is 4.69. The van der Waals surface area contributed by atoms with Crippen molar-refractivity contribution in [3.05, 3.63) is 71.4 Å². The number of aliphatic hydroxyl groups excluding tert-OH is 1. The highest BCUT2D eigenvalue weighted by molar-refractivity contribution is 7.18. The first-order valence-electron chi connectivity index (χ1n) is 10.1. The van der Waals surface area contributed by atoms with Crippen LogP contribution in [0.3, 0.4) is 0 Å². The summed E-state index contributed by atoms with van der Waals surface area (Å²) in [7, 11) is 0. The molecule has 156 valence electrons. The molecule has 1 aromatic carbocycles. The monoisotopic (exact) mass is 429 g/mol. The number of anilines is 1. The van der Waals surface area contributed by atoms with Gasteiger partial charge in [0.25, 0.3) is 0 Å². The van der Waals surface area contributed by atoms with Gasteiger partial charge in [0, 0.05) is 42.3 Å². The first-order chi connectivity index (χ1) is 15.2. The molecule has 0 amide bonds. The van der Waals surface area contributed by atoms with Crippen molar-refractivity contribution in [3.63, 3.8) is 0 Å². The largest absolute Gasteiger partial charge is 0.395 e. The average Bonchev–Trinajstić information content (AvgIpc) is 3.22. The topological polar surface area (TPSA) is 97.0 Å². The highest BCUT2D eigenvalue weighted by Gasteiger charge is 2.15. The highest BCUT2D eigenvalue weighted by Crippen LogP contribution is 2.32. The standard InChI is InChI=1S/C24H23N5OS/c25-20(14-17-6-2-1-3-7-17)15-27-24-22-21(19(16-31-22)8-4-5-13-30)28-23(29-24)18-9-11-26-12-10-18/h1-3,6-7,9-12,16,20,30H,5,13-15,25H2,(H,27,28,29)/t20-/m0/s1. The Labute approximate surface area is 185 Å². The van der Waals surface area contributed by atoms with E-state index in [-0.39, 0.29) is 12.6 Å². The van der Waals surface area contributed by atoms with Crippen LogP contribution in [0.15, 0.2) is 60.2 Å². The second-order valence-electron chi connectivity index (χ2n) is 7.06. The Morgan fingerprint density at radius 2 is 1.90 bits per heavy atom. The van der Waals surface area contributed by atoms with Gasteiger partial charge in [0.15, 0.2) is 5.82 Å². The Morgan fingerprint density at radius 3 is 2.68 bits per heavy atom. The first-order valence-corrected chi connectivity index (χ1v) is 11.0. The van der Waals surface area contributed by atoms with E-state index in [4.69, 9.17) is 20.8 Å². The molecule has 0 spiro atoms. The Morgan fingerprint density at radius 1 is 1.10 bits per heavy atom. The molecule has 4 aromatic rings. The van der Waals surface area contributed by atoms with Crippen molar-refractivity contribution in [2.24, 2.45) is 5.73 Å². The molecule has 0 radical (unpaired) electrons. The van der Waals surface area contributed by atoms with Crippen LogP contribution in [0.5, 0.6) is 0 Å². The lowest BCUT2D eigenvalue weighted by Crippen LogP contribution is -2.31. The smallest absolute Gasteiger partial charge is 0.162 e. The number of nitrogens with two attached hydrogens (primary N) is 1. The molecule has 0 aliphatic rings. The zero-order chi connectivity index (χ0) is 21.5. The van der Waals surface area contributed by atoms with E-state index >= 15 is 0 Å². The Hall–Kier alpha value is -3.31. The van der Waals surface area contributed by atoms with Crippen molar-refractivity contribution in [1.82, 2.24) is 15.0 Å². The maximum atomic E-state index is 9.02. The zero-order valence-electron chi connectivity index (χ0n) is 17.0. The van der Waals surface area contributed by atoms with Gasteiger partial charge >= 0.3 is 0 Å². The lowest BCUT2D eigenvalue weighted by atomic mass is 10.1. The highest BCUT2D eigenvalue weighted by atomic mass is 32.1.